The normalized spacial score (nSPS) is 10.9. The minimum Gasteiger partial charge on any atom is -0.423 e. The largest absolute Gasteiger partial charge is 0.489 e. The molecule has 2 rings (SSSR count). The summed E-state index contributed by atoms with van der Waals surface area (Å²) in [4.78, 5) is 0. The van der Waals surface area contributed by atoms with Gasteiger partial charge >= 0.3 is 7.12 Å². The summed E-state index contributed by atoms with van der Waals surface area (Å²) >= 11 is 7.19. The van der Waals surface area contributed by atoms with Gasteiger partial charge in [0.25, 0.3) is 0 Å². The Hall–Kier alpha value is 0.375. The maximum absolute atomic E-state index is 9.17. The van der Waals surface area contributed by atoms with Crippen LogP contribution in [0.2, 0.25) is 0 Å². The second kappa shape index (κ2) is 4.09. The van der Waals surface area contributed by atoms with E-state index in [-0.39, 0.29) is 0 Å². The third-order valence-electron chi connectivity index (χ3n) is 1.93. The van der Waals surface area contributed by atoms with E-state index >= 15 is 0 Å². The van der Waals surface area contributed by atoms with Crippen LogP contribution in [0.1, 0.15) is 0 Å². The van der Waals surface area contributed by atoms with E-state index in [1.165, 1.54) is 11.3 Å². The second-order valence-electron chi connectivity index (χ2n) is 2.80. The van der Waals surface area contributed by atoms with E-state index in [9.17, 15) is 0 Å². The highest BCUT2D eigenvalue weighted by molar-refractivity contribution is 14.1. The second-order valence-corrected chi connectivity index (χ2v) is 5.69. The molecule has 0 radical (unpaired) electrons. The maximum atomic E-state index is 9.17. The highest BCUT2D eigenvalue weighted by Gasteiger charge is 2.18. The van der Waals surface area contributed by atoms with Crippen molar-refractivity contribution in [3.8, 4) is 0 Å². The Morgan fingerprint density at radius 1 is 1.36 bits per heavy atom. The lowest BCUT2D eigenvalue weighted by Gasteiger charge is -2.02. The van der Waals surface area contributed by atoms with Gasteiger partial charge in [0.1, 0.15) is 0 Å². The van der Waals surface area contributed by atoms with E-state index in [2.05, 4.69) is 38.5 Å². The van der Waals surface area contributed by atoms with Gasteiger partial charge in [0, 0.05) is 23.5 Å². The van der Waals surface area contributed by atoms with Crippen LogP contribution in [0.15, 0.2) is 22.0 Å². The Morgan fingerprint density at radius 3 is 2.71 bits per heavy atom. The van der Waals surface area contributed by atoms with Crippen LogP contribution in [0.25, 0.3) is 10.1 Å². The Kier molecular flexibility index (Phi) is 3.18. The molecule has 0 aliphatic rings. The van der Waals surface area contributed by atoms with E-state index in [1.54, 1.807) is 6.07 Å². The zero-order chi connectivity index (χ0) is 10.3. The van der Waals surface area contributed by atoms with Crippen LogP contribution < -0.4 is 5.46 Å². The highest BCUT2D eigenvalue weighted by atomic mass is 127. The van der Waals surface area contributed by atoms with Crippen LogP contribution in [0.5, 0.6) is 0 Å². The molecule has 0 amide bonds. The van der Waals surface area contributed by atoms with Crippen LogP contribution in [-0.4, -0.2) is 17.2 Å². The standard InChI is InChI=1S/C8H5BBrIO2S/c10-5-3-14-8-4(9(12)13)1-2-6(11)7(5)8/h1-3,12-13H. The number of thiophene rings is 1. The molecule has 1 aromatic heterocycles. The minimum atomic E-state index is -1.40. The fraction of sp³-hybridized carbons (Fsp3) is 0. The number of benzene rings is 1. The van der Waals surface area contributed by atoms with Crippen LogP contribution >= 0.6 is 49.9 Å². The number of hydrogen-bond donors (Lipinski definition) is 2. The lowest BCUT2D eigenvalue weighted by atomic mass is 9.80. The summed E-state index contributed by atoms with van der Waals surface area (Å²) in [6, 6.07) is 3.63. The fourth-order valence-electron chi connectivity index (χ4n) is 1.30. The van der Waals surface area contributed by atoms with E-state index in [0.717, 1.165) is 18.1 Å². The van der Waals surface area contributed by atoms with Crippen molar-refractivity contribution in [2.45, 2.75) is 0 Å². The SMILES string of the molecule is OB(O)c1ccc(I)c2c(Br)csc12. The quantitative estimate of drug-likeness (QED) is 0.584. The summed E-state index contributed by atoms with van der Waals surface area (Å²) in [6.07, 6.45) is 0. The van der Waals surface area contributed by atoms with Crippen LogP contribution in [-0.2, 0) is 0 Å². The van der Waals surface area contributed by atoms with Crippen molar-refractivity contribution in [1.82, 2.24) is 0 Å². The molecule has 2 N–H and O–H groups in total. The van der Waals surface area contributed by atoms with Gasteiger partial charge in [-0.05, 0) is 50.0 Å². The molecule has 2 aromatic rings. The van der Waals surface area contributed by atoms with Crippen LogP contribution in [0.4, 0.5) is 0 Å². The zero-order valence-electron chi connectivity index (χ0n) is 6.87. The molecule has 2 nitrogen and oxygen atoms in total. The molecule has 1 aromatic carbocycles. The van der Waals surface area contributed by atoms with Crippen molar-refractivity contribution in [2.75, 3.05) is 0 Å². The van der Waals surface area contributed by atoms with Crippen molar-refractivity contribution in [2.24, 2.45) is 0 Å². The van der Waals surface area contributed by atoms with E-state index in [1.807, 2.05) is 11.4 Å². The number of hydrogen-bond acceptors (Lipinski definition) is 3. The van der Waals surface area contributed by atoms with Gasteiger partial charge in [0.05, 0.1) is 0 Å². The average Bonchev–Trinajstić information content (AvgIpc) is 2.49. The molecular formula is C8H5BBrIO2S. The van der Waals surface area contributed by atoms with Crippen molar-refractivity contribution in [3.05, 3.63) is 25.6 Å². The smallest absolute Gasteiger partial charge is 0.423 e. The van der Waals surface area contributed by atoms with Gasteiger partial charge in [-0.25, -0.2) is 0 Å². The van der Waals surface area contributed by atoms with E-state index in [0.29, 0.717) is 5.46 Å². The summed E-state index contributed by atoms with van der Waals surface area (Å²) in [5.74, 6) is 0. The van der Waals surface area contributed by atoms with Crippen molar-refractivity contribution < 1.29 is 10.0 Å². The molecule has 14 heavy (non-hydrogen) atoms. The van der Waals surface area contributed by atoms with Crippen LogP contribution in [0.3, 0.4) is 0 Å². The molecule has 0 saturated heterocycles. The predicted octanol–water partition coefficient (Wildman–Crippen LogP) is 1.95. The van der Waals surface area contributed by atoms with E-state index in [4.69, 9.17) is 10.0 Å². The molecule has 0 aliphatic carbocycles. The van der Waals surface area contributed by atoms with Gasteiger partial charge in [-0.1, -0.05) is 6.07 Å². The molecule has 0 fully saturated rings. The zero-order valence-corrected chi connectivity index (χ0v) is 11.4. The summed E-state index contributed by atoms with van der Waals surface area (Å²) < 4.78 is 3.04. The third-order valence-corrected chi connectivity index (χ3v) is 4.79. The predicted molar refractivity (Wildman–Crippen MR) is 72.1 cm³/mol. The topological polar surface area (TPSA) is 40.5 Å². The third kappa shape index (κ3) is 1.74. The van der Waals surface area contributed by atoms with Crippen molar-refractivity contribution >= 4 is 72.5 Å². The number of rotatable bonds is 1. The molecule has 0 atom stereocenters. The molecule has 0 spiro atoms. The van der Waals surface area contributed by atoms with Crippen molar-refractivity contribution in [3.63, 3.8) is 0 Å². The molecule has 0 saturated carbocycles. The monoisotopic (exact) mass is 382 g/mol. The van der Waals surface area contributed by atoms with Crippen LogP contribution in [0, 0.1) is 3.57 Å². The summed E-state index contributed by atoms with van der Waals surface area (Å²) in [6.45, 7) is 0. The summed E-state index contributed by atoms with van der Waals surface area (Å²) in [5.41, 5.74) is 0.566. The number of fused-ring (bicyclic) bond motifs is 1. The maximum Gasteiger partial charge on any atom is 0.489 e. The van der Waals surface area contributed by atoms with Gasteiger partial charge in [-0.2, -0.15) is 0 Å². The first-order chi connectivity index (χ1) is 6.61. The van der Waals surface area contributed by atoms with E-state index < -0.39 is 7.12 Å². The molecule has 6 heteroatoms. The Labute approximate surface area is 107 Å². The van der Waals surface area contributed by atoms with Gasteiger partial charge < -0.3 is 10.0 Å². The molecule has 0 bridgehead atoms. The lowest BCUT2D eigenvalue weighted by molar-refractivity contribution is 0.426. The van der Waals surface area contributed by atoms with Gasteiger partial charge in [-0.15, -0.1) is 11.3 Å². The molecule has 0 unspecified atom stereocenters. The minimum absolute atomic E-state index is 0.566. The summed E-state index contributed by atoms with van der Waals surface area (Å²) in [7, 11) is -1.40. The molecule has 72 valence electrons. The fourth-order valence-corrected chi connectivity index (χ4v) is 4.40. The number of halogens is 2. The molecule has 1 heterocycles. The Bertz CT molecular complexity index is 485. The molecular weight excluding hydrogens is 378 g/mol. The average molecular weight is 383 g/mol. The Balaban J connectivity index is 2.83. The first-order valence-corrected chi connectivity index (χ1v) is 6.57. The Morgan fingerprint density at radius 2 is 2.07 bits per heavy atom. The van der Waals surface area contributed by atoms with Gasteiger partial charge in [0.2, 0.25) is 0 Å². The lowest BCUT2D eigenvalue weighted by Crippen LogP contribution is -2.29. The highest BCUT2D eigenvalue weighted by Crippen LogP contribution is 2.32. The van der Waals surface area contributed by atoms with Crippen molar-refractivity contribution in [1.29, 1.82) is 0 Å². The molecule has 0 aliphatic heterocycles. The summed E-state index contributed by atoms with van der Waals surface area (Å²) in [5, 5.41) is 21.3. The first kappa shape index (κ1) is 10.9. The first-order valence-electron chi connectivity index (χ1n) is 3.82. The van der Waals surface area contributed by atoms with Gasteiger partial charge in [-0.3, -0.25) is 0 Å². The van der Waals surface area contributed by atoms with Gasteiger partial charge in [0.15, 0.2) is 0 Å².